The zero-order chi connectivity index (χ0) is 31.2. The molecule has 6 rings (SSSR count). The lowest BCUT2D eigenvalue weighted by Gasteiger charge is -2.20. The summed E-state index contributed by atoms with van der Waals surface area (Å²) in [7, 11) is 1.50. The average Bonchev–Trinajstić information content (AvgIpc) is 3.62. The number of amides is 1. The molecule has 3 aromatic carbocycles. The topological polar surface area (TPSA) is 144 Å². The number of rotatable bonds is 12. The lowest BCUT2D eigenvalue weighted by atomic mass is 9.91. The number of ether oxygens (including phenoxy) is 2. The number of carbonyl (C=O) groups excluding carboxylic acids is 1. The molecule has 4 N–H and O–H groups in total. The molecule has 232 valence electrons. The normalized spacial score (nSPS) is 19.6. The van der Waals surface area contributed by atoms with E-state index in [9.17, 15) is 15.0 Å². The van der Waals surface area contributed by atoms with Crippen LogP contribution in [0.4, 0.5) is 5.82 Å². The van der Waals surface area contributed by atoms with Crippen LogP contribution in [0.3, 0.4) is 0 Å². The first-order valence-electron chi connectivity index (χ1n) is 14.9. The zero-order valence-corrected chi connectivity index (χ0v) is 24.9. The fraction of sp³-hybridized carbons (Fsp3) is 0.294. The Labute approximate surface area is 260 Å². The summed E-state index contributed by atoms with van der Waals surface area (Å²) >= 11 is 0. The number of benzene rings is 3. The Bertz CT molecular complexity index is 1660. The zero-order valence-electron chi connectivity index (χ0n) is 24.9. The molecule has 11 heteroatoms. The highest BCUT2D eigenvalue weighted by atomic mass is 16.6. The molecular weight excluding hydrogens is 572 g/mol. The van der Waals surface area contributed by atoms with E-state index in [0.717, 1.165) is 16.7 Å². The number of nitrogens with zero attached hydrogens (tertiary/aromatic N) is 4. The van der Waals surface area contributed by atoms with E-state index in [1.54, 1.807) is 4.57 Å². The van der Waals surface area contributed by atoms with Crippen molar-refractivity contribution in [1.29, 1.82) is 0 Å². The number of imidazole rings is 1. The number of carbonyl (C=O) groups is 1. The minimum atomic E-state index is -1.23. The molecule has 1 amide bonds. The number of anilines is 1. The van der Waals surface area contributed by atoms with Gasteiger partial charge in [0.2, 0.25) is 5.91 Å². The van der Waals surface area contributed by atoms with Gasteiger partial charge in [0, 0.05) is 19.6 Å². The third-order valence-corrected chi connectivity index (χ3v) is 7.94. The second kappa shape index (κ2) is 14.0. The third-order valence-electron chi connectivity index (χ3n) is 7.94. The van der Waals surface area contributed by atoms with Crippen molar-refractivity contribution in [3.8, 4) is 0 Å². The molecule has 1 aliphatic heterocycles. The monoisotopic (exact) mass is 608 g/mol. The van der Waals surface area contributed by atoms with E-state index in [-0.39, 0.29) is 31.4 Å². The van der Waals surface area contributed by atoms with E-state index in [2.05, 4.69) is 39.9 Å². The van der Waals surface area contributed by atoms with Crippen LogP contribution in [0.2, 0.25) is 0 Å². The fourth-order valence-corrected chi connectivity index (χ4v) is 5.63. The van der Waals surface area contributed by atoms with Gasteiger partial charge in [-0.1, -0.05) is 91.0 Å². The average molecular weight is 609 g/mol. The van der Waals surface area contributed by atoms with Gasteiger partial charge in [0.15, 0.2) is 29.0 Å². The largest absolute Gasteiger partial charge is 0.387 e. The van der Waals surface area contributed by atoms with Crippen molar-refractivity contribution in [1.82, 2.24) is 24.8 Å². The molecule has 4 atom stereocenters. The summed E-state index contributed by atoms with van der Waals surface area (Å²) in [5.41, 5.74) is 4.04. The van der Waals surface area contributed by atoms with Crippen LogP contribution in [-0.2, 0) is 27.2 Å². The number of nitrogens with one attached hydrogen (secondary N) is 2. The van der Waals surface area contributed by atoms with Gasteiger partial charge in [-0.2, -0.15) is 0 Å². The lowest BCUT2D eigenvalue weighted by molar-refractivity contribution is -0.120. The number of aliphatic hydroxyl groups excluding tert-OH is 2. The molecule has 45 heavy (non-hydrogen) atoms. The van der Waals surface area contributed by atoms with Crippen LogP contribution in [-0.4, -0.2) is 74.2 Å². The van der Waals surface area contributed by atoms with Crippen LogP contribution in [0.25, 0.3) is 11.2 Å². The quantitative estimate of drug-likeness (QED) is 0.168. The van der Waals surface area contributed by atoms with Crippen molar-refractivity contribution in [2.24, 2.45) is 0 Å². The van der Waals surface area contributed by atoms with Crippen molar-refractivity contribution < 1.29 is 24.5 Å². The summed E-state index contributed by atoms with van der Waals surface area (Å²) in [4.78, 5) is 26.9. The SMILES string of the molecule is COCC1OC(n2cnc3c(NCC(c4ccccc4)c4ccccc4)nc(CNC(=O)Cc4ccccc4)nc32)C(O)C1O. The van der Waals surface area contributed by atoms with Gasteiger partial charge in [-0.25, -0.2) is 15.0 Å². The Hall–Kier alpha value is -4.68. The number of aliphatic hydroxyl groups is 2. The lowest BCUT2D eigenvalue weighted by Crippen LogP contribution is -2.33. The summed E-state index contributed by atoms with van der Waals surface area (Å²) in [6.45, 7) is 0.692. The van der Waals surface area contributed by atoms with Crippen LogP contribution < -0.4 is 10.6 Å². The van der Waals surface area contributed by atoms with Gasteiger partial charge in [0.1, 0.15) is 18.3 Å². The van der Waals surface area contributed by atoms with Crippen LogP contribution in [0.1, 0.15) is 34.7 Å². The summed E-state index contributed by atoms with van der Waals surface area (Å²) < 4.78 is 12.7. The van der Waals surface area contributed by atoms with E-state index in [1.807, 2.05) is 66.7 Å². The van der Waals surface area contributed by atoms with Crippen molar-refractivity contribution in [3.05, 3.63) is 120 Å². The second-order valence-corrected chi connectivity index (χ2v) is 11.0. The Kier molecular flexibility index (Phi) is 9.41. The van der Waals surface area contributed by atoms with Crippen molar-refractivity contribution in [2.75, 3.05) is 25.6 Å². The molecular formula is C34H36N6O5. The summed E-state index contributed by atoms with van der Waals surface area (Å²) in [5, 5.41) is 27.9. The Morgan fingerprint density at radius 2 is 1.58 bits per heavy atom. The van der Waals surface area contributed by atoms with Crippen LogP contribution in [0.15, 0.2) is 97.3 Å². The number of aromatic nitrogens is 4. The molecule has 0 saturated carbocycles. The fourth-order valence-electron chi connectivity index (χ4n) is 5.63. The van der Waals surface area contributed by atoms with Crippen LogP contribution in [0.5, 0.6) is 0 Å². The van der Waals surface area contributed by atoms with Gasteiger partial charge in [-0.3, -0.25) is 9.36 Å². The molecule has 11 nitrogen and oxygen atoms in total. The molecule has 1 fully saturated rings. The van der Waals surface area contributed by atoms with Gasteiger partial charge in [-0.15, -0.1) is 0 Å². The van der Waals surface area contributed by atoms with Gasteiger partial charge < -0.3 is 30.3 Å². The van der Waals surface area contributed by atoms with E-state index in [1.165, 1.54) is 13.4 Å². The predicted molar refractivity (Wildman–Crippen MR) is 168 cm³/mol. The van der Waals surface area contributed by atoms with Crippen LogP contribution >= 0.6 is 0 Å². The summed E-state index contributed by atoms with van der Waals surface area (Å²) in [6, 6.07) is 29.9. The molecule has 0 radical (unpaired) electrons. The van der Waals surface area contributed by atoms with Gasteiger partial charge in [0.05, 0.1) is 25.9 Å². The molecule has 1 saturated heterocycles. The maximum Gasteiger partial charge on any atom is 0.224 e. The molecule has 0 bridgehead atoms. The Balaban J connectivity index is 1.31. The number of hydrogen-bond acceptors (Lipinski definition) is 9. The molecule has 2 aromatic heterocycles. The molecule has 5 aromatic rings. The first kappa shape index (κ1) is 30.4. The first-order valence-corrected chi connectivity index (χ1v) is 14.9. The highest BCUT2D eigenvalue weighted by molar-refractivity contribution is 5.83. The maximum atomic E-state index is 12.8. The van der Waals surface area contributed by atoms with Crippen molar-refractivity contribution >= 4 is 22.9 Å². The number of hydrogen-bond donors (Lipinski definition) is 4. The number of methoxy groups -OCH3 is 1. The molecule has 0 spiro atoms. The predicted octanol–water partition coefficient (Wildman–Crippen LogP) is 3.19. The van der Waals surface area contributed by atoms with E-state index >= 15 is 0 Å². The van der Waals surface area contributed by atoms with Crippen molar-refractivity contribution in [3.63, 3.8) is 0 Å². The highest BCUT2D eigenvalue weighted by Gasteiger charge is 2.44. The minimum Gasteiger partial charge on any atom is -0.387 e. The van der Waals surface area contributed by atoms with Crippen molar-refractivity contribution in [2.45, 2.75) is 43.4 Å². The minimum absolute atomic E-state index is 0.0125. The Morgan fingerprint density at radius 3 is 2.22 bits per heavy atom. The van der Waals surface area contributed by atoms with Crippen LogP contribution in [0, 0.1) is 0 Å². The standard InChI is InChI=1S/C34H36N6O5/c1-44-20-26-30(42)31(43)34(45-26)40-21-37-29-32(36-18-25(23-13-7-3-8-14-23)24-15-9-4-10-16-24)38-27(39-33(29)40)19-35-28(41)17-22-11-5-2-6-12-22/h2-16,21,25-26,30-31,34,42-43H,17-20H2,1H3,(H,35,41)(H,36,38,39). The van der Waals surface area contributed by atoms with E-state index < -0.39 is 24.5 Å². The van der Waals surface area contributed by atoms with Gasteiger partial charge in [-0.05, 0) is 16.7 Å². The molecule has 3 heterocycles. The molecule has 4 unspecified atom stereocenters. The molecule has 0 aliphatic carbocycles. The third kappa shape index (κ3) is 6.86. The highest BCUT2D eigenvalue weighted by Crippen LogP contribution is 2.33. The molecule has 1 aliphatic rings. The maximum absolute atomic E-state index is 12.8. The summed E-state index contributed by atoms with van der Waals surface area (Å²) in [5.74, 6) is 0.676. The first-order chi connectivity index (χ1) is 22.0. The Morgan fingerprint density at radius 1 is 0.933 bits per heavy atom. The smallest absolute Gasteiger partial charge is 0.224 e. The van der Waals surface area contributed by atoms with Gasteiger partial charge >= 0.3 is 0 Å². The second-order valence-electron chi connectivity index (χ2n) is 11.0. The van der Waals surface area contributed by atoms with E-state index in [4.69, 9.17) is 19.4 Å². The number of fused-ring (bicyclic) bond motifs is 1. The van der Waals surface area contributed by atoms with Gasteiger partial charge in [0.25, 0.3) is 0 Å². The summed E-state index contributed by atoms with van der Waals surface area (Å²) in [6.07, 6.45) is -2.31. The van der Waals surface area contributed by atoms with E-state index in [0.29, 0.717) is 29.4 Å².